The van der Waals surface area contributed by atoms with E-state index in [1.807, 2.05) is 23.1 Å². The number of fused-ring (bicyclic) bond motifs is 1. The summed E-state index contributed by atoms with van der Waals surface area (Å²) in [5.74, 6) is 1.18. The van der Waals surface area contributed by atoms with Crippen LogP contribution in [0.1, 0.15) is 56.9 Å². The van der Waals surface area contributed by atoms with Gasteiger partial charge < -0.3 is 15.0 Å². The summed E-state index contributed by atoms with van der Waals surface area (Å²) in [4.78, 5) is 27.1. The van der Waals surface area contributed by atoms with Crippen molar-refractivity contribution in [2.75, 3.05) is 20.2 Å². The molecule has 2 aromatic carbocycles. The third-order valence-corrected chi connectivity index (χ3v) is 6.73. The van der Waals surface area contributed by atoms with Crippen LogP contribution in [0, 0.1) is 0 Å². The van der Waals surface area contributed by atoms with E-state index in [9.17, 15) is 9.59 Å². The number of ether oxygens (including phenoxy) is 1. The Balaban J connectivity index is 1.54. The molecule has 160 valence electrons. The highest BCUT2D eigenvalue weighted by molar-refractivity contribution is 5.91. The standard InChI is InChI=1S/C25H32N2O3/c1-30-22-11-10-19(20-8-4-5-9-21(20)22)18-25(14-12-23(28)26-25)15-13-24(29)27-16-6-2-3-7-17-27/h4-5,8-11H,2-3,6-7,12-18H2,1H3,(H,26,28). The largest absolute Gasteiger partial charge is 0.496 e. The Bertz CT molecular complexity index is 918. The predicted molar refractivity (Wildman–Crippen MR) is 119 cm³/mol. The lowest BCUT2D eigenvalue weighted by atomic mass is 9.83. The minimum atomic E-state index is -0.351. The van der Waals surface area contributed by atoms with E-state index >= 15 is 0 Å². The number of carbonyl (C=O) groups is 2. The maximum Gasteiger partial charge on any atom is 0.222 e. The number of rotatable bonds is 6. The van der Waals surface area contributed by atoms with Gasteiger partial charge in [0.1, 0.15) is 5.75 Å². The molecule has 0 radical (unpaired) electrons. The first-order valence-electron chi connectivity index (χ1n) is 11.2. The van der Waals surface area contributed by atoms with Gasteiger partial charge in [-0.1, -0.05) is 43.2 Å². The van der Waals surface area contributed by atoms with Crippen molar-refractivity contribution < 1.29 is 14.3 Å². The number of nitrogens with one attached hydrogen (secondary N) is 1. The zero-order valence-corrected chi connectivity index (χ0v) is 17.9. The Labute approximate surface area is 178 Å². The fourth-order valence-corrected chi connectivity index (χ4v) is 5.04. The Morgan fingerprint density at radius 2 is 1.80 bits per heavy atom. The second kappa shape index (κ2) is 9.07. The maximum atomic E-state index is 12.9. The molecule has 5 heteroatoms. The zero-order valence-electron chi connectivity index (χ0n) is 17.9. The molecule has 4 rings (SSSR count). The van der Waals surface area contributed by atoms with Crippen molar-refractivity contribution in [2.24, 2.45) is 0 Å². The fourth-order valence-electron chi connectivity index (χ4n) is 5.04. The molecule has 2 aromatic rings. The van der Waals surface area contributed by atoms with Crippen LogP contribution in [0.2, 0.25) is 0 Å². The number of amides is 2. The van der Waals surface area contributed by atoms with Crippen LogP contribution in [0.15, 0.2) is 36.4 Å². The van der Waals surface area contributed by atoms with E-state index in [4.69, 9.17) is 4.74 Å². The van der Waals surface area contributed by atoms with Gasteiger partial charge in [0.2, 0.25) is 11.8 Å². The molecule has 0 spiro atoms. The molecule has 2 saturated heterocycles. The van der Waals surface area contributed by atoms with Crippen molar-refractivity contribution in [1.29, 1.82) is 0 Å². The van der Waals surface area contributed by atoms with E-state index in [-0.39, 0.29) is 17.4 Å². The van der Waals surface area contributed by atoms with E-state index in [0.29, 0.717) is 19.3 Å². The number of benzene rings is 2. The summed E-state index contributed by atoms with van der Waals surface area (Å²) < 4.78 is 5.53. The Hall–Kier alpha value is -2.56. The molecule has 0 bridgehead atoms. The van der Waals surface area contributed by atoms with Gasteiger partial charge in [0.05, 0.1) is 7.11 Å². The van der Waals surface area contributed by atoms with E-state index in [0.717, 1.165) is 55.3 Å². The van der Waals surface area contributed by atoms with Gasteiger partial charge in [0, 0.05) is 36.9 Å². The second-order valence-electron chi connectivity index (χ2n) is 8.77. The van der Waals surface area contributed by atoms with Gasteiger partial charge in [0.15, 0.2) is 0 Å². The van der Waals surface area contributed by atoms with Crippen LogP contribution >= 0.6 is 0 Å². The number of methoxy groups -OCH3 is 1. The fraction of sp³-hybridized carbons (Fsp3) is 0.520. The minimum absolute atomic E-state index is 0.0926. The summed E-state index contributed by atoms with van der Waals surface area (Å²) in [7, 11) is 1.69. The van der Waals surface area contributed by atoms with Crippen LogP contribution in [0.25, 0.3) is 10.8 Å². The molecule has 2 aliphatic heterocycles. The predicted octanol–water partition coefficient (Wildman–Crippen LogP) is 4.22. The lowest BCUT2D eigenvalue weighted by Crippen LogP contribution is -2.45. The number of carbonyl (C=O) groups excluding carboxylic acids is 2. The molecular formula is C25H32N2O3. The minimum Gasteiger partial charge on any atom is -0.496 e. The molecule has 1 unspecified atom stereocenters. The summed E-state index contributed by atoms with van der Waals surface area (Å²) in [5, 5.41) is 5.47. The lowest BCUT2D eigenvalue weighted by Gasteiger charge is -2.31. The van der Waals surface area contributed by atoms with Crippen LogP contribution in [0.3, 0.4) is 0 Å². The van der Waals surface area contributed by atoms with Crippen molar-refractivity contribution >= 4 is 22.6 Å². The molecule has 2 aliphatic rings. The summed E-state index contributed by atoms with van der Waals surface area (Å²) in [6.45, 7) is 1.75. The zero-order chi connectivity index (χ0) is 21.0. The van der Waals surface area contributed by atoms with Crippen LogP contribution < -0.4 is 10.1 Å². The average Bonchev–Trinajstić information content (AvgIpc) is 2.95. The molecule has 30 heavy (non-hydrogen) atoms. The van der Waals surface area contributed by atoms with Crippen LogP contribution in [0.5, 0.6) is 5.75 Å². The number of hydrogen-bond acceptors (Lipinski definition) is 3. The van der Waals surface area contributed by atoms with Gasteiger partial charge in [-0.05, 0) is 49.1 Å². The highest BCUT2D eigenvalue weighted by atomic mass is 16.5. The van der Waals surface area contributed by atoms with E-state index in [1.165, 1.54) is 18.4 Å². The van der Waals surface area contributed by atoms with Crippen molar-refractivity contribution in [3.05, 3.63) is 42.0 Å². The van der Waals surface area contributed by atoms with Gasteiger partial charge in [0.25, 0.3) is 0 Å². The summed E-state index contributed by atoms with van der Waals surface area (Å²) in [6.07, 6.45) is 7.87. The summed E-state index contributed by atoms with van der Waals surface area (Å²) in [6, 6.07) is 12.3. The third kappa shape index (κ3) is 4.45. The van der Waals surface area contributed by atoms with Gasteiger partial charge in [-0.25, -0.2) is 0 Å². The molecule has 5 nitrogen and oxygen atoms in total. The molecule has 0 aliphatic carbocycles. The first-order valence-corrected chi connectivity index (χ1v) is 11.2. The monoisotopic (exact) mass is 408 g/mol. The van der Waals surface area contributed by atoms with Gasteiger partial charge in [-0.3, -0.25) is 9.59 Å². The summed E-state index contributed by atoms with van der Waals surface area (Å²) >= 11 is 0. The van der Waals surface area contributed by atoms with E-state index < -0.39 is 0 Å². The summed E-state index contributed by atoms with van der Waals surface area (Å²) in [5.41, 5.74) is 0.839. The van der Waals surface area contributed by atoms with Gasteiger partial charge in [-0.15, -0.1) is 0 Å². The van der Waals surface area contributed by atoms with Crippen molar-refractivity contribution in [2.45, 2.75) is 63.3 Å². The Kier molecular flexibility index (Phi) is 6.26. The molecule has 0 saturated carbocycles. The van der Waals surface area contributed by atoms with Crippen molar-refractivity contribution in [3.8, 4) is 5.75 Å². The van der Waals surface area contributed by atoms with Crippen molar-refractivity contribution in [1.82, 2.24) is 10.2 Å². The molecule has 2 amide bonds. The topological polar surface area (TPSA) is 58.6 Å². The highest BCUT2D eigenvalue weighted by Gasteiger charge is 2.38. The molecule has 2 heterocycles. The SMILES string of the molecule is COc1ccc(CC2(CCC(=O)N3CCCCCC3)CCC(=O)N2)c2ccccc12. The maximum absolute atomic E-state index is 12.9. The van der Waals surface area contributed by atoms with Crippen LogP contribution in [-0.2, 0) is 16.0 Å². The average molecular weight is 409 g/mol. The molecule has 2 fully saturated rings. The normalized spacial score (nSPS) is 22.0. The van der Waals surface area contributed by atoms with Crippen LogP contribution in [0.4, 0.5) is 0 Å². The van der Waals surface area contributed by atoms with Gasteiger partial charge >= 0.3 is 0 Å². The first kappa shape index (κ1) is 20.7. The Morgan fingerprint density at radius 1 is 1.07 bits per heavy atom. The van der Waals surface area contributed by atoms with Crippen molar-refractivity contribution in [3.63, 3.8) is 0 Å². The Morgan fingerprint density at radius 3 is 2.47 bits per heavy atom. The number of hydrogen-bond donors (Lipinski definition) is 1. The van der Waals surface area contributed by atoms with Crippen LogP contribution in [-0.4, -0.2) is 42.5 Å². The quantitative estimate of drug-likeness (QED) is 0.778. The molecule has 1 N–H and O–H groups in total. The smallest absolute Gasteiger partial charge is 0.222 e. The highest BCUT2D eigenvalue weighted by Crippen LogP contribution is 2.35. The molecule has 0 aromatic heterocycles. The van der Waals surface area contributed by atoms with Gasteiger partial charge in [-0.2, -0.15) is 0 Å². The number of nitrogens with zero attached hydrogens (tertiary/aromatic N) is 1. The lowest BCUT2D eigenvalue weighted by molar-refractivity contribution is -0.131. The first-order chi connectivity index (χ1) is 14.6. The third-order valence-electron chi connectivity index (χ3n) is 6.73. The van der Waals surface area contributed by atoms with E-state index in [2.05, 4.69) is 23.5 Å². The number of likely N-dealkylation sites (tertiary alicyclic amines) is 1. The van der Waals surface area contributed by atoms with E-state index in [1.54, 1.807) is 7.11 Å². The molecule has 1 atom stereocenters. The molecular weight excluding hydrogens is 376 g/mol. The second-order valence-corrected chi connectivity index (χ2v) is 8.77.